The number of imidazole rings is 1. The predicted octanol–water partition coefficient (Wildman–Crippen LogP) is 12.2. The Balaban J connectivity index is 1.29. The van der Waals surface area contributed by atoms with Crippen LogP contribution in [0.15, 0.2) is 134 Å². The highest BCUT2D eigenvalue weighted by atomic mass is 16.3. The van der Waals surface area contributed by atoms with Crippen molar-refractivity contribution in [2.24, 2.45) is 0 Å². The Morgan fingerprint density at radius 2 is 1.26 bits per heavy atom. The average molecular weight is 687 g/mol. The number of rotatable bonds is 3. The van der Waals surface area contributed by atoms with Crippen LogP contribution in [-0.4, -0.2) is 23.9 Å². The molecule has 4 heterocycles. The normalized spacial score (nSPS) is 12.3. The molecule has 0 atom stereocenters. The van der Waals surface area contributed by atoms with Gasteiger partial charge in [-0.1, -0.05) is 87.5 Å². The third kappa shape index (κ3) is 4.63. The molecule has 5 heteroatoms. The maximum Gasteiger partial charge on any atom is 0.151 e. The molecule has 10 rings (SSSR count). The fraction of sp³-hybridized carbons (Fsp3) is 0.125. The molecule has 0 saturated heterocycles. The van der Waals surface area contributed by atoms with Crippen LogP contribution in [0.5, 0.6) is 5.75 Å². The summed E-state index contributed by atoms with van der Waals surface area (Å²) in [6.07, 6.45) is 1.93. The second kappa shape index (κ2) is 11.3. The highest BCUT2D eigenvalue weighted by Gasteiger charge is 2.23. The summed E-state index contributed by atoms with van der Waals surface area (Å²) in [6, 6.07) is 44.9. The molecule has 10 aromatic rings. The number of benzene rings is 6. The minimum absolute atomic E-state index is 0.109. The number of fused-ring (bicyclic) bond motifs is 10. The number of para-hydroxylation sites is 4. The lowest BCUT2D eigenvalue weighted by Crippen LogP contribution is -2.11. The zero-order valence-corrected chi connectivity index (χ0v) is 30.4. The Bertz CT molecular complexity index is 3120. The smallest absolute Gasteiger partial charge is 0.151 e. The zero-order valence-electron chi connectivity index (χ0n) is 30.4. The highest BCUT2D eigenvalue weighted by Crippen LogP contribution is 2.42. The second-order valence-electron chi connectivity index (χ2n) is 15.4. The molecule has 0 unspecified atom stereocenters. The first kappa shape index (κ1) is 31.3. The molecule has 0 radical (unpaired) electrons. The van der Waals surface area contributed by atoms with Gasteiger partial charge in [0.2, 0.25) is 0 Å². The van der Waals surface area contributed by atoms with Crippen LogP contribution in [0.4, 0.5) is 0 Å². The Morgan fingerprint density at radius 1 is 0.585 bits per heavy atom. The van der Waals surface area contributed by atoms with Crippen molar-refractivity contribution >= 4 is 54.9 Å². The molecule has 256 valence electrons. The highest BCUT2D eigenvalue weighted by molar-refractivity contribution is 6.20. The number of phenols is 1. The Hall–Kier alpha value is -6.46. The van der Waals surface area contributed by atoms with Crippen LogP contribution < -0.4 is 0 Å². The lowest BCUT2D eigenvalue weighted by Gasteiger charge is -2.22. The van der Waals surface area contributed by atoms with Crippen molar-refractivity contribution in [3.63, 3.8) is 0 Å². The van der Waals surface area contributed by atoms with Gasteiger partial charge >= 0.3 is 0 Å². The minimum Gasteiger partial charge on any atom is -0.507 e. The van der Waals surface area contributed by atoms with Crippen molar-refractivity contribution in [3.8, 4) is 39.3 Å². The maximum absolute atomic E-state index is 11.7. The lowest BCUT2D eigenvalue weighted by atomic mass is 9.83. The minimum atomic E-state index is -0.109. The summed E-state index contributed by atoms with van der Waals surface area (Å²) in [6.45, 7) is 11.1. The first-order valence-corrected chi connectivity index (χ1v) is 18.2. The second-order valence-corrected chi connectivity index (χ2v) is 15.4. The van der Waals surface area contributed by atoms with E-state index >= 15 is 0 Å². The Morgan fingerprint density at radius 3 is 2.04 bits per heavy atom. The fourth-order valence-corrected chi connectivity index (χ4v) is 8.48. The third-order valence-corrected chi connectivity index (χ3v) is 11.0. The van der Waals surface area contributed by atoms with E-state index in [4.69, 9.17) is 9.97 Å². The summed E-state index contributed by atoms with van der Waals surface area (Å²) in [5, 5.41) is 14.7. The molecular weight excluding hydrogens is 649 g/mol. The summed E-state index contributed by atoms with van der Waals surface area (Å²) in [4.78, 5) is 10.4. The molecule has 0 saturated carbocycles. The van der Waals surface area contributed by atoms with E-state index in [9.17, 15) is 5.11 Å². The van der Waals surface area contributed by atoms with E-state index in [1.165, 1.54) is 27.8 Å². The van der Waals surface area contributed by atoms with Crippen LogP contribution in [0.3, 0.4) is 0 Å². The monoisotopic (exact) mass is 686 g/mol. The molecule has 0 spiro atoms. The lowest BCUT2D eigenvalue weighted by molar-refractivity contribution is 0.482. The van der Waals surface area contributed by atoms with Crippen LogP contribution in [0.2, 0.25) is 0 Å². The first-order chi connectivity index (χ1) is 25.7. The molecule has 0 aliphatic rings. The van der Waals surface area contributed by atoms with Gasteiger partial charge < -0.3 is 9.51 Å². The number of phenolic OH excluding ortho intramolecular Hbond substituents is 1. The number of aromatic hydroxyl groups is 1. The SMILES string of the molecule is Cc1cccc(C)c1-c1ccnc(-c2cc(-c3cccc4c3nc3c5c(O)ccc6c7ccccc7n(c7ccccc7n43)c65)cc(C(C)(C)C)c2)c1. The van der Waals surface area contributed by atoms with Crippen molar-refractivity contribution in [1.82, 2.24) is 18.8 Å². The number of nitrogens with zero attached hydrogens (tertiary/aromatic N) is 4. The van der Waals surface area contributed by atoms with Gasteiger partial charge in [-0.2, -0.15) is 0 Å². The topological polar surface area (TPSA) is 54.8 Å². The molecule has 0 aliphatic carbocycles. The van der Waals surface area contributed by atoms with Crippen molar-refractivity contribution in [3.05, 3.63) is 150 Å². The standard InChI is InChI=1S/C48H38N4O/c1-28-12-10-13-29(2)43(28)30-22-23-49-37(27-30)32-24-31(25-33(26-32)48(3,4)5)34-15-11-19-41-45(34)50-47-44-42(53)21-20-36-35-14-6-7-16-38(35)51(46(36)44)39-17-8-9-18-40(39)52(41)47/h6-27,53H,1-5H3. The summed E-state index contributed by atoms with van der Waals surface area (Å²) in [5.74, 6) is 0.208. The summed E-state index contributed by atoms with van der Waals surface area (Å²) >= 11 is 0. The number of pyridine rings is 1. The zero-order chi connectivity index (χ0) is 36.2. The van der Waals surface area contributed by atoms with E-state index in [1.807, 2.05) is 18.3 Å². The molecular formula is C48H38N4O. The van der Waals surface area contributed by atoms with E-state index in [0.717, 1.165) is 77.3 Å². The molecule has 0 amide bonds. The van der Waals surface area contributed by atoms with Crippen LogP contribution in [0.25, 0.3) is 88.4 Å². The Labute approximate surface area is 307 Å². The molecule has 5 nitrogen and oxygen atoms in total. The van der Waals surface area contributed by atoms with Crippen molar-refractivity contribution in [2.45, 2.75) is 40.0 Å². The van der Waals surface area contributed by atoms with Crippen LogP contribution in [0.1, 0.15) is 37.5 Å². The molecule has 6 aromatic carbocycles. The summed E-state index contributed by atoms with van der Waals surface area (Å²) in [7, 11) is 0. The maximum atomic E-state index is 11.7. The molecule has 0 fully saturated rings. The third-order valence-electron chi connectivity index (χ3n) is 11.0. The van der Waals surface area contributed by atoms with E-state index in [0.29, 0.717) is 0 Å². The number of aryl methyl sites for hydroxylation is 2. The average Bonchev–Trinajstić information content (AvgIpc) is 3.66. The Kier molecular flexibility index (Phi) is 6.65. The number of aromatic nitrogens is 4. The first-order valence-electron chi connectivity index (χ1n) is 18.2. The van der Waals surface area contributed by atoms with Gasteiger partial charge in [0.15, 0.2) is 5.65 Å². The van der Waals surface area contributed by atoms with E-state index in [-0.39, 0.29) is 11.2 Å². The van der Waals surface area contributed by atoms with E-state index < -0.39 is 0 Å². The van der Waals surface area contributed by atoms with E-state index in [2.05, 4.69) is 159 Å². The van der Waals surface area contributed by atoms with Gasteiger partial charge in [-0.05, 0) is 113 Å². The summed E-state index contributed by atoms with van der Waals surface area (Å²) in [5.41, 5.74) is 16.8. The van der Waals surface area contributed by atoms with Crippen molar-refractivity contribution < 1.29 is 5.11 Å². The fourth-order valence-electron chi connectivity index (χ4n) is 8.48. The molecule has 0 aliphatic heterocycles. The molecule has 0 bridgehead atoms. The number of hydrogen-bond acceptors (Lipinski definition) is 3. The van der Waals surface area contributed by atoms with Gasteiger partial charge in [0.1, 0.15) is 5.75 Å². The van der Waals surface area contributed by atoms with Crippen LogP contribution >= 0.6 is 0 Å². The van der Waals surface area contributed by atoms with Crippen LogP contribution in [0, 0.1) is 13.8 Å². The van der Waals surface area contributed by atoms with Crippen molar-refractivity contribution in [1.29, 1.82) is 0 Å². The van der Waals surface area contributed by atoms with Crippen molar-refractivity contribution in [2.75, 3.05) is 0 Å². The van der Waals surface area contributed by atoms with Gasteiger partial charge in [-0.3, -0.25) is 9.38 Å². The quantitative estimate of drug-likeness (QED) is 0.201. The molecule has 4 aromatic heterocycles. The van der Waals surface area contributed by atoms with Gasteiger partial charge in [0.25, 0.3) is 0 Å². The molecule has 53 heavy (non-hydrogen) atoms. The van der Waals surface area contributed by atoms with Gasteiger partial charge in [0, 0.05) is 28.1 Å². The van der Waals surface area contributed by atoms with E-state index in [1.54, 1.807) is 0 Å². The number of hydrogen-bond donors (Lipinski definition) is 1. The summed E-state index contributed by atoms with van der Waals surface area (Å²) < 4.78 is 4.52. The van der Waals surface area contributed by atoms with Gasteiger partial charge in [-0.25, -0.2) is 4.98 Å². The van der Waals surface area contributed by atoms with Gasteiger partial charge in [-0.15, -0.1) is 0 Å². The molecule has 1 N–H and O–H groups in total. The van der Waals surface area contributed by atoms with Gasteiger partial charge in [0.05, 0.1) is 44.2 Å². The van der Waals surface area contributed by atoms with Crippen LogP contribution in [-0.2, 0) is 5.41 Å². The largest absolute Gasteiger partial charge is 0.507 e. The predicted molar refractivity (Wildman–Crippen MR) is 220 cm³/mol.